The summed E-state index contributed by atoms with van der Waals surface area (Å²) in [5.41, 5.74) is -0.00900. The second-order valence-electron chi connectivity index (χ2n) is 5.52. The molecular weight excluding hydrogens is 279 g/mol. The molecule has 2 N–H and O–H groups in total. The van der Waals surface area contributed by atoms with Gasteiger partial charge in [0.2, 0.25) is 10.0 Å². The Morgan fingerprint density at radius 2 is 1.95 bits per heavy atom. The van der Waals surface area contributed by atoms with Crippen molar-refractivity contribution in [1.82, 2.24) is 10.0 Å². The molecule has 4 nitrogen and oxygen atoms in total. The van der Waals surface area contributed by atoms with Gasteiger partial charge in [0, 0.05) is 12.1 Å². The zero-order valence-electron chi connectivity index (χ0n) is 12.5. The van der Waals surface area contributed by atoms with Crippen LogP contribution < -0.4 is 10.0 Å². The molecule has 0 bridgehead atoms. The minimum atomic E-state index is -3.75. The zero-order valence-corrected chi connectivity index (χ0v) is 13.3. The zero-order chi connectivity index (χ0) is 15.4. The number of hydrogen-bond acceptors (Lipinski definition) is 3. The predicted molar refractivity (Wildman–Crippen MR) is 78.5 cm³/mol. The molecule has 0 fully saturated rings. The number of hydrogen-bond donors (Lipinski definition) is 2. The van der Waals surface area contributed by atoms with Gasteiger partial charge < -0.3 is 5.32 Å². The van der Waals surface area contributed by atoms with E-state index < -0.39 is 21.4 Å². The number of halogens is 1. The first-order chi connectivity index (χ1) is 9.22. The van der Waals surface area contributed by atoms with Gasteiger partial charge in [0.1, 0.15) is 5.82 Å². The third-order valence-corrected chi connectivity index (χ3v) is 4.75. The van der Waals surface area contributed by atoms with E-state index in [1.807, 2.05) is 20.8 Å². The van der Waals surface area contributed by atoms with Gasteiger partial charge in [-0.05, 0) is 45.0 Å². The number of nitrogens with one attached hydrogen (secondary N) is 2. The standard InChI is InChI=1S/C14H23FN2O2S/c1-5-8-14(2,3)17-20(18,19)13-9-12(15)7-6-11(13)10-16-4/h6-7,9,16-17H,5,8,10H2,1-4H3. The van der Waals surface area contributed by atoms with Gasteiger partial charge in [0.05, 0.1) is 4.90 Å². The van der Waals surface area contributed by atoms with Crippen LogP contribution in [0.2, 0.25) is 0 Å². The van der Waals surface area contributed by atoms with Crippen molar-refractivity contribution in [3.05, 3.63) is 29.6 Å². The van der Waals surface area contributed by atoms with Gasteiger partial charge in [-0.25, -0.2) is 17.5 Å². The lowest BCUT2D eigenvalue weighted by molar-refractivity contribution is 0.417. The average molecular weight is 302 g/mol. The fraction of sp³-hybridized carbons (Fsp3) is 0.571. The summed E-state index contributed by atoms with van der Waals surface area (Å²) in [4.78, 5) is -0.00368. The molecule has 1 aromatic carbocycles. The molecule has 0 amide bonds. The number of sulfonamides is 1. The maximum absolute atomic E-state index is 13.4. The molecule has 0 radical (unpaired) electrons. The Morgan fingerprint density at radius 1 is 1.30 bits per heavy atom. The molecule has 0 saturated carbocycles. The number of benzene rings is 1. The third kappa shape index (κ3) is 4.54. The van der Waals surface area contributed by atoms with Crippen molar-refractivity contribution >= 4 is 10.0 Å². The quantitative estimate of drug-likeness (QED) is 0.813. The highest BCUT2D eigenvalue weighted by Crippen LogP contribution is 2.21. The normalized spacial score (nSPS) is 12.7. The Labute approximate surface area is 120 Å². The minimum Gasteiger partial charge on any atom is -0.316 e. The summed E-state index contributed by atoms with van der Waals surface area (Å²) in [6, 6.07) is 3.83. The summed E-state index contributed by atoms with van der Waals surface area (Å²) in [6.07, 6.45) is 1.57. The molecule has 0 unspecified atom stereocenters. The average Bonchev–Trinajstić information content (AvgIpc) is 2.30. The van der Waals surface area contributed by atoms with Crippen molar-refractivity contribution in [2.75, 3.05) is 7.05 Å². The molecule has 6 heteroatoms. The first-order valence-corrected chi connectivity index (χ1v) is 8.17. The molecule has 0 aromatic heterocycles. The Morgan fingerprint density at radius 3 is 2.50 bits per heavy atom. The topological polar surface area (TPSA) is 58.2 Å². The van der Waals surface area contributed by atoms with Crippen LogP contribution in [0, 0.1) is 5.82 Å². The maximum Gasteiger partial charge on any atom is 0.241 e. The van der Waals surface area contributed by atoms with Gasteiger partial charge in [0.15, 0.2) is 0 Å². The highest BCUT2D eigenvalue weighted by atomic mass is 32.2. The molecule has 0 atom stereocenters. The van der Waals surface area contributed by atoms with Gasteiger partial charge in [0.25, 0.3) is 0 Å². The molecule has 0 saturated heterocycles. The van der Waals surface area contributed by atoms with E-state index in [1.165, 1.54) is 12.1 Å². The largest absolute Gasteiger partial charge is 0.316 e. The van der Waals surface area contributed by atoms with Crippen LogP contribution in [0.25, 0.3) is 0 Å². The van der Waals surface area contributed by atoms with Crippen molar-refractivity contribution in [2.45, 2.75) is 50.6 Å². The lowest BCUT2D eigenvalue weighted by Crippen LogP contribution is -2.43. The van der Waals surface area contributed by atoms with Crippen LogP contribution in [0.1, 0.15) is 39.2 Å². The second-order valence-corrected chi connectivity index (χ2v) is 7.17. The molecule has 0 aliphatic heterocycles. The van der Waals surface area contributed by atoms with Crippen LogP contribution in [0.5, 0.6) is 0 Å². The fourth-order valence-electron chi connectivity index (χ4n) is 2.21. The van der Waals surface area contributed by atoms with E-state index in [2.05, 4.69) is 10.0 Å². The predicted octanol–water partition coefficient (Wildman–Crippen LogP) is 2.40. The van der Waals surface area contributed by atoms with Crippen LogP contribution in [-0.4, -0.2) is 21.0 Å². The van der Waals surface area contributed by atoms with E-state index in [4.69, 9.17) is 0 Å². The van der Waals surface area contributed by atoms with Crippen LogP contribution in [0.4, 0.5) is 4.39 Å². The van der Waals surface area contributed by atoms with Gasteiger partial charge in [-0.15, -0.1) is 0 Å². The SMILES string of the molecule is CCCC(C)(C)NS(=O)(=O)c1cc(F)ccc1CNC. The molecule has 0 heterocycles. The van der Waals surface area contributed by atoms with E-state index in [0.29, 0.717) is 18.5 Å². The van der Waals surface area contributed by atoms with Crippen molar-refractivity contribution in [1.29, 1.82) is 0 Å². The molecular formula is C14H23FN2O2S. The highest BCUT2D eigenvalue weighted by Gasteiger charge is 2.27. The molecule has 1 rings (SSSR count). The lowest BCUT2D eigenvalue weighted by atomic mass is 10.0. The fourth-order valence-corrected chi connectivity index (χ4v) is 3.90. The van der Waals surface area contributed by atoms with E-state index in [1.54, 1.807) is 7.05 Å². The summed E-state index contributed by atoms with van der Waals surface area (Å²) in [6.45, 7) is 6.01. The summed E-state index contributed by atoms with van der Waals surface area (Å²) < 4.78 is 41.0. The van der Waals surface area contributed by atoms with Crippen molar-refractivity contribution in [3.8, 4) is 0 Å². The van der Waals surface area contributed by atoms with Gasteiger partial charge in [-0.2, -0.15) is 0 Å². The van der Waals surface area contributed by atoms with Crippen LogP contribution >= 0.6 is 0 Å². The molecule has 20 heavy (non-hydrogen) atoms. The van der Waals surface area contributed by atoms with Crippen molar-refractivity contribution < 1.29 is 12.8 Å². The van der Waals surface area contributed by atoms with Crippen LogP contribution in [-0.2, 0) is 16.6 Å². The van der Waals surface area contributed by atoms with Crippen LogP contribution in [0.3, 0.4) is 0 Å². The maximum atomic E-state index is 13.4. The Hall–Kier alpha value is -0.980. The first kappa shape index (κ1) is 17.1. The molecule has 0 spiro atoms. The van der Waals surface area contributed by atoms with E-state index >= 15 is 0 Å². The molecule has 1 aromatic rings. The Bertz CT molecular complexity index is 556. The lowest BCUT2D eigenvalue weighted by Gasteiger charge is -2.26. The summed E-state index contributed by atoms with van der Waals surface area (Å²) in [5.74, 6) is -0.557. The van der Waals surface area contributed by atoms with E-state index in [9.17, 15) is 12.8 Å². The third-order valence-electron chi connectivity index (χ3n) is 2.97. The van der Waals surface area contributed by atoms with Gasteiger partial charge in [-0.1, -0.05) is 19.4 Å². The number of rotatable bonds is 7. The Balaban J connectivity index is 3.17. The van der Waals surface area contributed by atoms with E-state index in [-0.39, 0.29) is 4.90 Å². The Kier molecular flexibility index (Phi) is 5.68. The van der Waals surface area contributed by atoms with Gasteiger partial charge >= 0.3 is 0 Å². The minimum absolute atomic E-state index is 0.00368. The van der Waals surface area contributed by atoms with E-state index in [0.717, 1.165) is 12.5 Å². The van der Waals surface area contributed by atoms with Crippen LogP contribution in [0.15, 0.2) is 23.1 Å². The second kappa shape index (κ2) is 6.65. The summed E-state index contributed by atoms with van der Waals surface area (Å²) in [7, 11) is -2.03. The highest BCUT2D eigenvalue weighted by molar-refractivity contribution is 7.89. The molecule has 114 valence electrons. The smallest absolute Gasteiger partial charge is 0.241 e. The first-order valence-electron chi connectivity index (χ1n) is 6.69. The molecule has 0 aliphatic rings. The molecule has 0 aliphatic carbocycles. The summed E-state index contributed by atoms with van der Waals surface area (Å²) >= 11 is 0. The monoisotopic (exact) mass is 302 g/mol. The van der Waals surface area contributed by atoms with Crippen molar-refractivity contribution in [3.63, 3.8) is 0 Å². The van der Waals surface area contributed by atoms with Gasteiger partial charge in [-0.3, -0.25) is 0 Å². The summed E-state index contributed by atoms with van der Waals surface area (Å²) in [5, 5.41) is 2.89. The van der Waals surface area contributed by atoms with Crippen molar-refractivity contribution in [2.24, 2.45) is 0 Å².